The van der Waals surface area contributed by atoms with Gasteiger partial charge in [0.1, 0.15) is 0 Å². The normalized spacial score (nSPS) is 11.0. The van der Waals surface area contributed by atoms with Crippen LogP contribution in [-0.4, -0.2) is 24.9 Å². The monoisotopic (exact) mass is 691 g/mol. The summed E-state index contributed by atoms with van der Waals surface area (Å²) in [5.74, 6) is 2.62. The number of hydrogen-bond donors (Lipinski definition) is 0. The summed E-state index contributed by atoms with van der Waals surface area (Å²) in [6.45, 7) is 0. The molecule has 0 spiro atoms. The van der Waals surface area contributed by atoms with Gasteiger partial charge in [0.2, 0.25) is 0 Å². The Kier molecular flexibility index (Phi) is 8.86. The van der Waals surface area contributed by atoms with E-state index in [9.17, 15) is 0 Å². The summed E-state index contributed by atoms with van der Waals surface area (Å²) < 4.78 is 0. The lowest BCUT2D eigenvalue weighted by molar-refractivity contribution is 1.07. The second-order valence-electron chi connectivity index (χ2n) is 13.0. The van der Waals surface area contributed by atoms with Crippen LogP contribution in [0.5, 0.6) is 0 Å². The van der Waals surface area contributed by atoms with Gasteiger partial charge in [0, 0.05) is 33.4 Å². The molecule has 0 saturated heterocycles. The molecule has 0 aliphatic carbocycles. The van der Waals surface area contributed by atoms with Gasteiger partial charge in [-0.2, -0.15) is 0 Å². The molecule has 0 atom stereocenters. The summed E-state index contributed by atoms with van der Waals surface area (Å²) in [5, 5.41) is 0. The summed E-state index contributed by atoms with van der Waals surface area (Å²) >= 11 is 0. The Morgan fingerprint density at radius 1 is 0.185 bits per heavy atom. The molecular weight excluding hydrogens is 659 g/mol. The van der Waals surface area contributed by atoms with Crippen molar-refractivity contribution in [3.63, 3.8) is 0 Å². The van der Waals surface area contributed by atoms with Crippen LogP contribution < -0.4 is 0 Å². The number of benzene rings is 7. The number of nitrogens with zero attached hydrogens (tertiary/aromatic N) is 5. The van der Waals surface area contributed by atoms with E-state index in [-0.39, 0.29) is 0 Å². The van der Waals surface area contributed by atoms with Crippen LogP contribution in [0.3, 0.4) is 0 Å². The second-order valence-corrected chi connectivity index (χ2v) is 13.0. The van der Waals surface area contributed by atoms with Gasteiger partial charge >= 0.3 is 0 Å². The van der Waals surface area contributed by atoms with Gasteiger partial charge in [-0.1, -0.05) is 182 Å². The van der Waals surface area contributed by atoms with Gasteiger partial charge in [0.15, 0.2) is 23.3 Å². The van der Waals surface area contributed by atoms with Gasteiger partial charge in [-0.25, -0.2) is 24.9 Å². The van der Waals surface area contributed by atoms with E-state index in [1.807, 2.05) is 97.1 Å². The Morgan fingerprint density at radius 3 is 0.963 bits per heavy atom. The van der Waals surface area contributed by atoms with E-state index in [0.29, 0.717) is 23.3 Å². The standard InChI is InChI=1S/C49H33N5/c1-5-15-36(16-6-1)44-33-45(51-46(50-44)37-17-7-2-8-18-37)42-25-13-23-40(31-42)34-27-29-35(30-28-34)41-24-14-26-43(32-41)49-53-47(38-19-9-3-10-20-38)52-48(54-49)39-21-11-4-12-22-39/h1-33H. The third-order valence-corrected chi connectivity index (χ3v) is 9.36. The van der Waals surface area contributed by atoms with Crippen LogP contribution in [0.4, 0.5) is 0 Å². The van der Waals surface area contributed by atoms with Gasteiger partial charge in [0.05, 0.1) is 11.4 Å². The van der Waals surface area contributed by atoms with E-state index >= 15 is 0 Å². The molecule has 2 heterocycles. The number of hydrogen-bond acceptors (Lipinski definition) is 5. The zero-order valence-corrected chi connectivity index (χ0v) is 29.3. The van der Waals surface area contributed by atoms with Gasteiger partial charge in [-0.3, -0.25) is 0 Å². The van der Waals surface area contributed by atoms with Crippen molar-refractivity contribution in [2.75, 3.05) is 0 Å². The fraction of sp³-hybridized carbons (Fsp3) is 0. The third kappa shape index (κ3) is 6.94. The molecule has 0 aliphatic rings. The van der Waals surface area contributed by atoms with Crippen LogP contribution in [0, 0.1) is 0 Å². The van der Waals surface area contributed by atoms with Gasteiger partial charge in [-0.05, 0) is 40.5 Å². The van der Waals surface area contributed by atoms with Crippen molar-refractivity contribution in [2.24, 2.45) is 0 Å². The molecule has 2 aromatic heterocycles. The number of aromatic nitrogens is 5. The highest BCUT2D eigenvalue weighted by Gasteiger charge is 2.14. The van der Waals surface area contributed by atoms with Crippen LogP contribution in [0.15, 0.2) is 200 Å². The molecule has 0 unspecified atom stereocenters. The first kappa shape index (κ1) is 32.5. The van der Waals surface area contributed by atoms with Crippen molar-refractivity contribution >= 4 is 0 Å². The minimum Gasteiger partial charge on any atom is -0.228 e. The Hall–Kier alpha value is -7.37. The zero-order valence-electron chi connectivity index (χ0n) is 29.3. The summed E-state index contributed by atoms with van der Waals surface area (Å²) in [4.78, 5) is 24.7. The molecule has 0 bridgehead atoms. The fourth-order valence-electron chi connectivity index (χ4n) is 6.56. The van der Waals surface area contributed by atoms with Crippen LogP contribution in [0.1, 0.15) is 0 Å². The maximum absolute atomic E-state index is 5.04. The van der Waals surface area contributed by atoms with E-state index in [2.05, 4.69) is 103 Å². The third-order valence-electron chi connectivity index (χ3n) is 9.36. The predicted molar refractivity (Wildman–Crippen MR) is 219 cm³/mol. The Bertz CT molecular complexity index is 2380. The lowest BCUT2D eigenvalue weighted by Gasteiger charge is -2.11. The molecule has 5 nitrogen and oxygen atoms in total. The van der Waals surface area contributed by atoms with Crippen LogP contribution >= 0.6 is 0 Å². The van der Waals surface area contributed by atoms with E-state index in [1.165, 1.54) is 0 Å². The molecule has 0 N–H and O–H groups in total. The molecule has 254 valence electrons. The molecule has 9 aromatic rings. The smallest absolute Gasteiger partial charge is 0.164 e. The maximum atomic E-state index is 5.04. The highest BCUT2D eigenvalue weighted by molar-refractivity contribution is 5.78. The van der Waals surface area contributed by atoms with Gasteiger partial charge in [0.25, 0.3) is 0 Å². The highest BCUT2D eigenvalue weighted by Crippen LogP contribution is 2.33. The van der Waals surface area contributed by atoms with Crippen LogP contribution in [0.25, 0.3) is 90.3 Å². The largest absolute Gasteiger partial charge is 0.228 e. The zero-order chi connectivity index (χ0) is 36.1. The molecule has 0 amide bonds. The minimum absolute atomic E-state index is 0.633. The Labute approximate surface area is 314 Å². The van der Waals surface area contributed by atoms with Crippen LogP contribution in [-0.2, 0) is 0 Å². The SMILES string of the molecule is c1ccc(-c2cc(-c3cccc(-c4ccc(-c5cccc(-c6nc(-c7ccccc7)nc(-c7ccccc7)n6)c5)cc4)c3)nc(-c3ccccc3)n2)cc1. The first-order valence-electron chi connectivity index (χ1n) is 17.9. The van der Waals surface area contributed by atoms with Gasteiger partial charge < -0.3 is 0 Å². The lowest BCUT2D eigenvalue weighted by atomic mass is 9.97. The van der Waals surface area contributed by atoms with Crippen molar-refractivity contribution in [1.29, 1.82) is 0 Å². The van der Waals surface area contributed by atoms with E-state index in [1.54, 1.807) is 0 Å². The summed E-state index contributed by atoms with van der Waals surface area (Å²) in [6, 6.07) is 68.3. The van der Waals surface area contributed by atoms with Crippen molar-refractivity contribution < 1.29 is 0 Å². The Balaban J connectivity index is 1.04. The highest BCUT2D eigenvalue weighted by atomic mass is 15.0. The van der Waals surface area contributed by atoms with Crippen molar-refractivity contribution in [1.82, 2.24) is 24.9 Å². The summed E-state index contributed by atoms with van der Waals surface area (Å²) in [7, 11) is 0. The molecule has 0 aliphatic heterocycles. The molecule has 54 heavy (non-hydrogen) atoms. The molecule has 0 fully saturated rings. The maximum Gasteiger partial charge on any atom is 0.164 e. The van der Waals surface area contributed by atoms with Gasteiger partial charge in [-0.15, -0.1) is 0 Å². The topological polar surface area (TPSA) is 64.5 Å². The first-order chi connectivity index (χ1) is 26.7. The first-order valence-corrected chi connectivity index (χ1v) is 17.9. The van der Waals surface area contributed by atoms with Crippen molar-refractivity contribution in [2.45, 2.75) is 0 Å². The minimum atomic E-state index is 0.633. The molecule has 0 saturated carbocycles. The molecule has 9 rings (SSSR count). The average Bonchev–Trinajstić information content (AvgIpc) is 3.27. The summed E-state index contributed by atoms with van der Waals surface area (Å²) in [6.07, 6.45) is 0. The molecular formula is C49H33N5. The lowest BCUT2D eigenvalue weighted by Crippen LogP contribution is -2.00. The quantitative estimate of drug-likeness (QED) is 0.159. The molecule has 0 radical (unpaired) electrons. The second kappa shape index (κ2) is 14.7. The van der Waals surface area contributed by atoms with Crippen molar-refractivity contribution in [3.8, 4) is 90.3 Å². The average molecular weight is 692 g/mol. The fourth-order valence-corrected chi connectivity index (χ4v) is 6.56. The van der Waals surface area contributed by atoms with E-state index in [4.69, 9.17) is 24.9 Å². The predicted octanol–water partition coefficient (Wildman–Crippen LogP) is 12.0. The van der Waals surface area contributed by atoms with Crippen LogP contribution in [0.2, 0.25) is 0 Å². The van der Waals surface area contributed by atoms with E-state index in [0.717, 1.165) is 67.0 Å². The van der Waals surface area contributed by atoms with E-state index < -0.39 is 0 Å². The number of rotatable bonds is 8. The Morgan fingerprint density at radius 2 is 0.500 bits per heavy atom. The van der Waals surface area contributed by atoms with Crippen molar-refractivity contribution in [3.05, 3.63) is 200 Å². The summed E-state index contributed by atoms with van der Waals surface area (Å²) in [5.41, 5.74) is 12.1. The molecule has 5 heteroatoms. The molecule has 7 aromatic carbocycles.